The second kappa shape index (κ2) is 6.77. The molecule has 0 amide bonds. The standard InChI is InChI=1S/C16H12ClN3OS/c17-13-6-8-14(9-7-13)22-11-16-19-18-15(10-20(16)21)12-4-2-1-3-5-12/h1-10H,11H2. The monoisotopic (exact) mass is 329 g/mol. The third kappa shape index (κ3) is 3.55. The van der Waals surface area contributed by atoms with Crippen molar-refractivity contribution >= 4 is 23.4 Å². The zero-order valence-corrected chi connectivity index (χ0v) is 13.1. The highest BCUT2D eigenvalue weighted by Gasteiger charge is 2.12. The van der Waals surface area contributed by atoms with Crippen molar-refractivity contribution < 1.29 is 4.73 Å². The Kier molecular flexibility index (Phi) is 4.56. The Morgan fingerprint density at radius 2 is 1.73 bits per heavy atom. The Balaban J connectivity index is 1.74. The zero-order chi connectivity index (χ0) is 15.4. The molecule has 6 heteroatoms. The minimum Gasteiger partial charge on any atom is -0.711 e. The second-order valence-corrected chi connectivity index (χ2v) is 6.05. The van der Waals surface area contributed by atoms with Gasteiger partial charge in [-0.15, -0.1) is 11.8 Å². The number of nitrogens with zero attached hydrogens (tertiary/aromatic N) is 3. The molecule has 110 valence electrons. The lowest BCUT2D eigenvalue weighted by molar-refractivity contribution is -0.616. The van der Waals surface area contributed by atoms with Crippen LogP contribution in [0, 0.1) is 5.21 Å². The Hall–Kier alpha value is -2.11. The molecule has 0 unspecified atom stereocenters. The summed E-state index contributed by atoms with van der Waals surface area (Å²) in [5.74, 6) is 0.826. The lowest BCUT2D eigenvalue weighted by Crippen LogP contribution is -2.33. The molecule has 4 nitrogen and oxygen atoms in total. The van der Waals surface area contributed by atoms with E-state index in [2.05, 4.69) is 10.2 Å². The first-order valence-electron chi connectivity index (χ1n) is 6.62. The fourth-order valence-corrected chi connectivity index (χ4v) is 2.81. The van der Waals surface area contributed by atoms with E-state index < -0.39 is 0 Å². The summed E-state index contributed by atoms with van der Waals surface area (Å²) in [5, 5.41) is 20.9. The molecule has 1 heterocycles. The Bertz CT molecular complexity index is 766. The summed E-state index contributed by atoms with van der Waals surface area (Å²) in [6.07, 6.45) is 1.46. The van der Waals surface area contributed by atoms with Crippen LogP contribution in [0.1, 0.15) is 5.82 Å². The van der Waals surface area contributed by atoms with E-state index in [9.17, 15) is 5.21 Å². The van der Waals surface area contributed by atoms with E-state index in [0.29, 0.717) is 22.3 Å². The summed E-state index contributed by atoms with van der Waals surface area (Å²) in [5.41, 5.74) is 1.44. The van der Waals surface area contributed by atoms with Gasteiger partial charge in [0.2, 0.25) is 0 Å². The van der Waals surface area contributed by atoms with Crippen molar-refractivity contribution in [2.45, 2.75) is 10.6 Å². The number of benzene rings is 2. The molecule has 0 saturated carbocycles. The third-order valence-corrected chi connectivity index (χ3v) is 4.28. The van der Waals surface area contributed by atoms with Crippen LogP contribution in [-0.4, -0.2) is 10.2 Å². The first-order valence-corrected chi connectivity index (χ1v) is 7.98. The lowest BCUT2D eigenvalue weighted by atomic mass is 10.2. The molecule has 0 aliphatic heterocycles. The van der Waals surface area contributed by atoms with E-state index in [1.165, 1.54) is 18.0 Å². The molecule has 0 atom stereocenters. The van der Waals surface area contributed by atoms with Gasteiger partial charge in [0.1, 0.15) is 11.9 Å². The topological polar surface area (TPSA) is 52.7 Å². The van der Waals surface area contributed by atoms with Gasteiger partial charge in [0.25, 0.3) is 0 Å². The van der Waals surface area contributed by atoms with Crippen LogP contribution in [0.5, 0.6) is 0 Å². The molecule has 0 bridgehead atoms. The predicted octanol–water partition coefficient (Wildman–Crippen LogP) is 3.72. The molecule has 0 aliphatic carbocycles. The average molecular weight is 330 g/mol. The van der Waals surface area contributed by atoms with Crippen molar-refractivity contribution in [3.63, 3.8) is 0 Å². The van der Waals surface area contributed by atoms with Gasteiger partial charge >= 0.3 is 5.82 Å². The van der Waals surface area contributed by atoms with Crippen molar-refractivity contribution in [1.82, 2.24) is 10.2 Å². The van der Waals surface area contributed by atoms with Gasteiger partial charge in [-0.05, 0) is 29.4 Å². The normalized spacial score (nSPS) is 10.6. The van der Waals surface area contributed by atoms with Gasteiger partial charge in [-0.3, -0.25) is 0 Å². The average Bonchev–Trinajstić information content (AvgIpc) is 2.56. The molecule has 0 spiro atoms. The minimum absolute atomic E-state index is 0.375. The van der Waals surface area contributed by atoms with E-state index in [1.807, 2.05) is 54.6 Å². The third-order valence-electron chi connectivity index (χ3n) is 3.02. The van der Waals surface area contributed by atoms with E-state index >= 15 is 0 Å². The molecule has 3 rings (SSSR count). The first kappa shape index (κ1) is 14.8. The molecule has 2 aromatic carbocycles. The van der Waals surface area contributed by atoms with Crippen molar-refractivity contribution in [2.24, 2.45) is 0 Å². The number of rotatable bonds is 4. The maximum absolute atomic E-state index is 12.1. The number of hydrogen-bond acceptors (Lipinski definition) is 4. The van der Waals surface area contributed by atoms with Gasteiger partial charge in [-0.25, -0.2) is 4.73 Å². The Labute approximate surface area is 137 Å². The lowest BCUT2D eigenvalue weighted by Gasteiger charge is -2.06. The van der Waals surface area contributed by atoms with E-state index in [-0.39, 0.29) is 0 Å². The van der Waals surface area contributed by atoms with Crippen LogP contribution in [0.15, 0.2) is 65.7 Å². The molecular formula is C16H12ClN3OS. The quantitative estimate of drug-likeness (QED) is 0.416. The molecule has 0 fully saturated rings. The highest BCUT2D eigenvalue weighted by atomic mass is 35.5. The van der Waals surface area contributed by atoms with Crippen LogP contribution in [-0.2, 0) is 5.75 Å². The van der Waals surface area contributed by atoms with Gasteiger partial charge in [-0.2, -0.15) is 0 Å². The number of aromatic nitrogens is 3. The molecule has 0 saturated heterocycles. The zero-order valence-electron chi connectivity index (χ0n) is 11.5. The number of halogens is 1. The van der Waals surface area contributed by atoms with Crippen LogP contribution in [0.3, 0.4) is 0 Å². The van der Waals surface area contributed by atoms with Gasteiger partial charge in [0.15, 0.2) is 5.69 Å². The molecular weight excluding hydrogens is 318 g/mol. The largest absolute Gasteiger partial charge is 0.711 e. The van der Waals surface area contributed by atoms with Crippen LogP contribution in [0.4, 0.5) is 0 Å². The van der Waals surface area contributed by atoms with Gasteiger partial charge < -0.3 is 5.21 Å². The predicted molar refractivity (Wildman–Crippen MR) is 87.4 cm³/mol. The van der Waals surface area contributed by atoms with Crippen molar-refractivity contribution in [3.05, 3.63) is 76.8 Å². The van der Waals surface area contributed by atoms with E-state index in [0.717, 1.165) is 15.2 Å². The van der Waals surface area contributed by atoms with Crippen LogP contribution in [0.2, 0.25) is 5.02 Å². The summed E-state index contributed by atoms with van der Waals surface area (Å²) < 4.78 is 0.776. The van der Waals surface area contributed by atoms with E-state index in [1.54, 1.807) is 0 Å². The molecule has 0 aliphatic rings. The van der Waals surface area contributed by atoms with Crippen molar-refractivity contribution in [2.75, 3.05) is 0 Å². The van der Waals surface area contributed by atoms with Crippen LogP contribution in [0.25, 0.3) is 11.3 Å². The molecule has 0 N–H and O–H groups in total. The van der Waals surface area contributed by atoms with Crippen LogP contribution < -0.4 is 4.73 Å². The Morgan fingerprint density at radius 1 is 1.00 bits per heavy atom. The summed E-state index contributed by atoms with van der Waals surface area (Å²) in [6.45, 7) is 0. The smallest absolute Gasteiger partial charge is 0.339 e. The molecule has 1 aromatic heterocycles. The van der Waals surface area contributed by atoms with Gasteiger partial charge in [0.05, 0.1) is 5.10 Å². The van der Waals surface area contributed by atoms with Crippen molar-refractivity contribution in [3.8, 4) is 11.3 Å². The summed E-state index contributed by atoms with van der Waals surface area (Å²) in [4.78, 5) is 1.03. The fraction of sp³-hybridized carbons (Fsp3) is 0.0625. The number of thioether (sulfide) groups is 1. The first-order chi connectivity index (χ1) is 10.7. The highest BCUT2D eigenvalue weighted by Crippen LogP contribution is 2.22. The second-order valence-electron chi connectivity index (χ2n) is 4.56. The van der Waals surface area contributed by atoms with E-state index in [4.69, 9.17) is 11.6 Å². The van der Waals surface area contributed by atoms with Gasteiger partial charge in [-0.1, -0.05) is 41.9 Å². The molecule has 3 aromatic rings. The molecule has 0 radical (unpaired) electrons. The SMILES string of the molecule is [O-][n+]1cc(-c2ccccc2)nnc1CSc1ccc(Cl)cc1. The Morgan fingerprint density at radius 3 is 2.41 bits per heavy atom. The summed E-state index contributed by atoms with van der Waals surface area (Å²) in [6, 6.07) is 17.0. The molecule has 22 heavy (non-hydrogen) atoms. The number of hydrogen-bond donors (Lipinski definition) is 0. The van der Waals surface area contributed by atoms with Crippen LogP contribution >= 0.6 is 23.4 Å². The summed E-state index contributed by atoms with van der Waals surface area (Å²) in [7, 11) is 0. The van der Waals surface area contributed by atoms with Crippen molar-refractivity contribution in [1.29, 1.82) is 0 Å². The fourth-order valence-electron chi connectivity index (χ4n) is 1.88. The highest BCUT2D eigenvalue weighted by molar-refractivity contribution is 7.98. The maximum atomic E-state index is 12.1. The van der Waals surface area contributed by atoms with Gasteiger partial charge in [0, 0.05) is 15.5 Å². The summed E-state index contributed by atoms with van der Waals surface area (Å²) >= 11 is 7.36. The minimum atomic E-state index is 0.375. The maximum Gasteiger partial charge on any atom is 0.339 e.